The molecule has 1 aromatic carbocycles. The molecule has 80 valence electrons. The molecule has 0 bridgehead atoms. The van der Waals surface area contributed by atoms with Gasteiger partial charge >= 0.3 is 7.12 Å². The van der Waals surface area contributed by atoms with Crippen LogP contribution in [0.4, 0.5) is 0 Å². The summed E-state index contributed by atoms with van der Waals surface area (Å²) >= 11 is 0. The van der Waals surface area contributed by atoms with Crippen molar-refractivity contribution in [1.29, 1.82) is 0 Å². The van der Waals surface area contributed by atoms with E-state index in [4.69, 9.17) is 14.8 Å². The predicted molar refractivity (Wildman–Crippen MR) is 55.8 cm³/mol. The summed E-state index contributed by atoms with van der Waals surface area (Å²) < 4.78 is 5.15. The maximum atomic E-state index is 9.60. The van der Waals surface area contributed by atoms with E-state index in [1.54, 1.807) is 24.3 Å². The summed E-state index contributed by atoms with van der Waals surface area (Å²) in [5, 5.41) is 27.4. The van der Waals surface area contributed by atoms with Crippen LogP contribution < -0.4 is 5.46 Å². The van der Waals surface area contributed by atoms with Crippen molar-refractivity contribution < 1.29 is 19.9 Å². The Hall–Kier alpha value is -0.875. The molecular weight excluding hydrogens is 195 g/mol. The number of rotatable bonds is 2. The lowest BCUT2D eigenvalue weighted by molar-refractivity contribution is 0.124. The Balaban J connectivity index is 2.16. The van der Waals surface area contributed by atoms with Gasteiger partial charge in [-0.25, -0.2) is 0 Å². The number of aliphatic hydroxyl groups excluding tert-OH is 1. The first-order valence-electron chi connectivity index (χ1n) is 4.90. The number of benzene rings is 1. The van der Waals surface area contributed by atoms with Crippen LogP contribution in [0.3, 0.4) is 0 Å². The van der Waals surface area contributed by atoms with E-state index in [0.717, 1.165) is 5.56 Å². The summed E-state index contributed by atoms with van der Waals surface area (Å²) in [5.41, 5.74) is 1.41. The third-order valence-electron chi connectivity index (χ3n) is 2.71. The van der Waals surface area contributed by atoms with Crippen LogP contribution in [0.2, 0.25) is 0 Å². The summed E-state index contributed by atoms with van der Waals surface area (Å²) in [5.74, 6) is -0.00474. The van der Waals surface area contributed by atoms with Gasteiger partial charge in [-0.05, 0) is 11.0 Å². The van der Waals surface area contributed by atoms with Crippen molar-refractivity contribution in [3.63, 3.8) is 0 Å². The molecule has 0 amide bonds. The Bertz CT molecular complexity index is 325. The lowest BCUT2D eigenvalue weighted by Crippen LogP contribution is -2.29. The highest BCUT2D eigenvalue weighted by molar-refractivity contribution is 6.58. The fraction of sp³-hybridized carbons (Fsp3) is 0.400. The van der Waals surface area contributed by atoms with E-state index in [9.17, 15) is 5.11 Å². The summed E-state index contributed by atoms with van der Waals surface area (Å²) in [7, 11) is -1.44. The van der Waals surface area contributed by atoms with Crippen LogP contribution in [0.5, 0.6) is 0 Å². The van der Waals surface area contributed by atoms with Crippen molar-refractivity contribution in [2.45, 2.75) is 12.0 Å². The Kier molecular flexibility index (Phi) is 3.07. The van der Waals surface area contributed by atoms with Gasteiger partial charge in [-0.3, -0.25) is 0 Å². The van der Waals surface area contributed by atoms with Gasteiger partial charge in [-0.2, -0.15) is 0 Å². The topological polar surface area (TPSA) is 69.9 Å². The van der Waals surface area contributed by atoms with Gasteiger partial charge in [0, 0.05) is 5.92 Å². The van der Waals surface area contributed by atoms with E-state index in [0.29, 0.717) is 18.7 Å². The number of hydrogen-bond acceptors (Lipinski definition) is 4. The number of hydrogen-bond donors (Lipinski definition) is 3. The van der Waals surface area contributed by atoms with Crippen LogP contribution in [-0.4, -0.2) is 41.6 Å². The highest BCUT2D eigenvalue weighted by Gasteiger charge is 2.27. The van der Waals surface area contributed by atoms with Crippen molar-refractivity contribution in [2.24, 2.45) is 0 Å². The first kappa shape index (κ1) is 10.6. The molecule has 1 aliphatic heterocycles. The zero-order valence-electron chi connectivity index (χ0n) is 8.21. The predicted octanol–water partition coefficient (Wildman–Crippen LogP) is -1.16. The molecule has 0 unspecified atom stereocenters. The highest BCUT2D eigenvalue weighted by Crippen LogP contribution is 2.24. The fourth-order valence-electron chi connectivity index (χ4n) is 1.78. The Morgan fingerprint density at radius 1 is 1.13 bits per heavy atom. The van der Waals surface area contributed by atoms with E-state index >= 15 is 0 Å². The van der Waals surface area contributed by atoms with Crippen molar-refractivity contribution in [1.82, 2.24) is 0 Å². The molecule has 2 rings (SSSR count). The lowest BCUT2D eigenvalue weighted by Gasteiger charge is -2.12. The molecule has 5 heteroatoms. The minimum atomic E-state index is -1.44. The maximum Gasteiger partial charge on any atom is 0.488 e. The zero-order chi connectivity index (χ0) is 10.8. The van der Waals surface area contributed by atoms with Gasteiger partial charge in [0.1, 0.15) is 0 Å². The quantitative estimate of drug-likeness (QED) is 0.536. The standard InChI is InChI=1S/C10H13BO4/c12-10-6-15-5-9(10)7-1-3-8(4-2-7)11(13)14/h1-4,9-10,12-14H,5-6H2/t9-,10+/m0/s1. The molecular formula is C10H13BO4. The number of aliphatic hydroxyl groups is 1. The summed E-state index contributed by atoms with van der Waals surface area (Å²) in [6, 6.07) is 6.87. The van der Waals surface area contributed by atoms with Gasteiger partial charge in [0.15, 0.2) is 0 Å². The molecule has 4 nitrogen and oxygen atoms in total. The van der Waals surface area contributed by atoms with Crippen molar-refractivity contribution >= 4 is 12.6 Å². The second-order valence-electron chi connectivity index (χ2n) is 3.75. The molecule has 1 saturated heterocycles. The van der Waals surface area contributed by atoms with E-state index < -0.39 is 13.2 Å². The molecule has 0 spiro atoms. The molecule has 1 fully saturated rings. The molecule has 0 aliphatic carbocycles. The van der Waals surface area contributed by atoms with Crippen LogP contribution in [0.15, 0.2) is 24.3 Å². The van der Waals surface area contributed by atoms with Crippen LogP contribution in [0, 0.1) is 0 Å². The minimum absolute atomic E-state index is 0.00474. The van der Waals surface area contributed by atoms with Gasteiger partial charge in [0.25, 0.3) is 0 Å². The minimum Gasteiger partial charge on any atom is -0.423 e. The van der Waals surface area contributed by atoms with E-state index in [1.807, 2.05) is 0 Å². The smallest absolute Gasteiger partial charge is 0.423 e. The Labute approximate surface area is 88.3 Å². The van der Waals surface area contributed by atoms with E-state index in [1.165, 1.54) is 0 Å². The molecule has 1 aliphatic rings. The second-order valence-corrected chi connectivity index (χ2v) is 3.75. The van der Waals surface area contributed by atoms with Crippen molar-refractivity contribution in [2.75, 3.05) is 13.2 Å². The maximum absolute atomic E-state index is 9.60. The normalized spacial score (nSPS) is 25.5. The largest absolute Gasteiger partial charge is 0.488 e. The van der Waals surface area contributed by atoms with Crippen molar-refractivity contribution in [3.05, 3.63) is 29.8 Å². The Morgan fingerprint density at radius 2 is 1.80 bits per heavy atom. The summed E-state index contributed by atoms with van der Waals surface area (Å²) in [6.45, 7) is 0.886. The Morgan fingerprint density at radius 3 is 2.27 bits per heavy atom. The van der Waals surface area contributed by atoms with Gasteiger partial charge in [0.05, 0.1) is 19.3 Å². The van der Waals surface area contributed by atoms with Crippen LogP contribution >= 0.6 is 0 Å². The number of ether oxygens (including phenoxy) is 1. The molecule has 15 heavy (non-hydrogen) atoms. The van der Waals surface area contributed by atoms with Crippen LogP contribution in [0.1, 0.15) is 11.5 Å². The average molecular weight is 208 g/mol. The summed E-state index contributed by atoms with van der Waals surface area (Å²) in [6.07, 6.45) is -0.463. The van der Waals surface area contributed by atoms with Gasteiger partial charge in [-0.15, -0.1) is 0 Å². The molecule has 2 atom stereocenters. The molecule has 1 heterocycles. The molecule has 0 aromatic heterocycles. The first-order chi connectivity index (χ1) is 7.18. The first-order valence-corrected chi connectivity index (χ1v) is 4.90. The van der Waals surface area contributed by atoms with E-state index in [2.05, 4.69) is 0 Å². The third kappa shape index (κ3) is 2.21. The zero-order valence-corrected chi connectivity index (χ0v) is 8.21. The van der Waals surface area contributed by atoms with Gasteiger partial charge < -0.3 is 19.9 Å². The van der Waals surface area contributed by atoms with Crippen LogP contribution in [0.25, 0.3) is 0 Å². The SMILES string of the molecule is OB(O)c1ccc([C@@H]2COC[C@H]2O)cc1. The monoisotopic (exact) mass is 208 g/mol. The molecule has 0 radical (unpaired) electrons. The average Bonchev–Trinajstić information content (AvgIpc) is 2.65. The third-order valence-corrected chi connectivity index (χ3v) is 2.71. The molecule has 0 saturated carbocycles. The van der Waals surface area contributed by atoms with Gasteiger partial charge in [-0.1, -0.05) is 24.3 Å². The highest BCUT2D eigenvalue weighted by atomic mass is 16.5. The lowest BCUT2D eigenvalue weighted by atomic mass is 9.79. The molecule has 3 N–H and O–H groups in total. The van der Waals surface area contributed by atoms with E-state index in [-0.39, 0.29) is 5.92 Å². The second kappa shape index (κ2) is 4.32. The molecule has 1 aromatic rings. The fourth-order valence-corrected chi connectivity index (χ4v) is 1.78. The summed E-state index contributed by atoms with van der Waals surface area (Å²) in [4.78, 5) is 0. The van der Waals surface area contributed by atoms with Crippen LogP contribution in [-0.2, 0) is 4.74 Å². The van der Waals surface area contributed by atoms with Crippen molar-refractivity contribution in [3.8, 4) is 0 Å². The van der Waals surface area contributed by atoms with Gasteiger partial charge in [0.2, 0.25) is 0 Å².